The maximum Gasteiger partial charge on any atom is 0.276 e. The molecule has 5 nitrogen and oxygen atoms in total. The molecule has 6 heteroatoms. The van der Waals surface area contributed by atoms with Crippen molar-refractivity contribution < 1.29 is 12.8 Å². The molecule has 1 aliphatic heterocycles. The van der Waals surface area contributed by atoms with Gasteiger partial charge in [-0.3, -0.25) is 0 Å². The van der Waals surface area contributed by atoms with Gasteiger partial charge in [-0.25, -0.2) is 8.42 Å². The van der Waals surface area contributed by atoms with Crippen molar-refractivity contribution in [1.29, 1.82) is 0 Å². The maximum absolute atomic E-state index is 12.4. The molecule has 1 aliphatic rings. The zero-order valence-corrected chi connectivity index (χ0v) is 11.7. The van der Waals surface area contributed by atoms with E-state index in [1.165, 1.54) is 4.31 Å². The van der Waals surface area contributed by atoms with Crippen molar-refractivity contribution in [3.05, 3.63) is 17.9 Å². The van der Waals surface area contributed by atoms with Gasteiger partial charge in [0, 0.05) is 13.1 Å². The molecular formula is C12H20N2O3S. The van der Waals surface area contributed by atoms with Crippen LogP contribution < -0.4 is 5.32 Å². The minimum Gasteiger partial charge on any atom is -0.447 e. The summed E-state index contributed by atoms with van der Waals surface area (Å²) in [6.07, 6.45) is 2.01. The van der Waals surface area contributed by atoms with Gasteiger partial charge >= 0.3 is 0 Å². The highest BCUT2D eigenvalue weighted by molar-refractivity contribution is 7.89. The smallest absolute Gasteiger partial charge is 0.276 e. The zero-order valence-electron chi connectivity index (χ0n) is 10.8. The standard InChI is InChI=1S/C12H20N2O3S/c1-10-4-3-7-14(9-10)18(15,16)12-6-5-11(17-12)8-13-2/h5-6,10,13H,3-4,7-9H2,1-2H3. The molecule has 1 N–H and O–H groups in total. The number of sulfonamides is 1. The molecular weight excluding hydrogens is 252 g/mol. The van der Waals surface area contributed by atoms with Crippen LogP contribution in [0.25, 0.3) is 0 Å². The Morgan fingerprint density at radius 3 is 2.94 bits per heavy atom. The Kier molecular flexibility index (Phi) is 4.09. The fourth-order valence-corrected chi connectivity index (χ4v) is 3.78. The number of nitrogens with one attached hydrogen (secondary N) is 1. The van der Waals surface area contributed by atoms with Crippen LogP contribution in [0.1, 0.15) is 25.5 Å². The molecule has 0 amide bonds. The van der Waals surface area contributed by atoms with Gasteiger partial charge in [-0.1, -0.05) is 6.92 Å². The van der Waals surface area contributed by atoms with Crippen LogP contribution in [0.15, 0.2) is 21.6 Å². The second-order valence-corrected chi connectivity index (χ2v) is 6.73. The second-order valence-electron chi connectivity index (χ2n) is 4.86. The Morgan fingerprint density at radius 2 is 2.28 bits per heavy atom. The van der Waals surface area contributed by atoms with Gasteiger partial charge in [0.05, 0.1) is 6.54 Å². The van der Waals surface area contributed by atoms with E-state index < -0.39 is 10.0 Å². The van der Waals surface area contributed by atoms with Gasteiger partial charge in [-0.05, 0) is 37.9 Å². The van der Waals surface area contributed by atoms with Crippen LogP contribution in [0.4, 0.5) is 0 Å². The number of furan rings is 1. The van der Waals surface area contributed by atoms with Gasteiger partial charge in [0.25, 0.3) is 10.0 Å². The molecule has 18 heavy (non-hydrogen) atoms. The molecule has 0 aromatic carbocycles. The lowest BCUT2D eigenvalue weighted by molar-refractivity contribution is 0.273. The first-order valence-corrected chi connectivity index (χ1v) is 7.71. The minimum atomic E-state index is -3.45. The monoisotopic (exact) mass is 272 g/mol. The quantitative estimate of drug-likeness (QED) is 0.900. The van der Waals surface area contributed by atoms with Crippen LogP contribution in [0.5, 0.6) is 0 Å². The Bertz CT molecular complexity index is 495. The van der Waals surface area contributed by atoms with Crippen molar-refractivity contribution in [1.82, 2.24) is 9.62 Å². The minimum absolute atomic E-state index is 0.0573. The van der Waals surface area contributed by atoms with Crippen molar-refractivity contribution in [2.75, 3.05) is 20.1 Å². The zero-order chi connectivity index (χ0) is 13.2. The van der Waals surface area contributed by atoms with Crippen LogP contribution in [-0.4, -0.2) is 32.9 Å². The summed E-state index contributed by atoms with van der Waals surface area (Å²) in [4.78, 5) is 0. The van der Waals surface area contributed by atoms with E-state index >= 15 is 0 Å². The Morgan fingerprint density at radius 1 is 1.50 bits per heavy atom. The summed E-state index contributed by atoms with van der Waals surface area (Å²) in [5.41, 5.74) is 0. The molecule has 102 valence electrons. The Labute approximate surface area is 108 Å². The molecule has 0 spiro atoms. The highest BCUT2D eigenvalue weighted by atomic mass is 32.2. The number of hydrogen-bond donors (Lipinski definition) is 1. The average molecular weight is 272 g/mol. The fraction of sp³-hybridized carbons (Fsp3) is 0.667. The van der Waals surface area contributed by atoms with E-state index in [-0.39, 0.29) is 5.09 Å². The summed E-state index contributed by atoms with van der Waals surface area (Å²) >= 11 is 0. The molecule has 1 aromatic rings. The number of nitrogens with zero attached hydrogens (tertiary/aromatic N) is 1. The molecule has 1 unspecified atom stereocenters. The Balaban J connectivity index is 2.18. The summed E-state index contributed by atoms with van der Waals surface area (Å²) in [5, 5.41) is 2.99. The summed E-state index contributed by atoms with van der Waals surface area (Å²) in [6.45, 7) is 3.79. The van der Waals surface area contributed by atoms with E-state index in [9.17, 15) is 8.42 Å². The van der Waals surface area contributed by atoms with Crippen LogP contribution in [0.2, 0.25) is 0 Å². The predicted molar refractivity (Wildman–Crippen MR) is 68.6 cm³/mol. The van der Waals surface area contributed by atoms with E-state index in [0.29, 0.717) is 31.3 Å². The first kappa shape index (κ1) is 13.6. The third-order valence-corrected chi connectivity index (χ3v) is 4.94. The van der Waals surface area contributed by atoms with Crippen molar-refractivity contribution >= 4 is 10.0 Å². The van der Waals surface area contributed by atoms with Gasteiger partial charge in [-0.2, -0.15) is 4.31 Å². The predicted octanol–water partition coefficient (Wildman–Crippen LogP) is 1.42. The normalized spacial score (nSPS) is 22.2. The van der Waals surface area contributed by atoms with E-state index in [0.717, 1.165) is 12.8 Å². The molecule has 0 radical (unpaired) electrons. The van der Waals surface area contributed by atoms with E-state index in [1.807, 2.05) is 0 Å². The van der Waals surface area contributed by atoms with E-state index in [1.54, 1.807) is 19.2 Å². The van der Waals surface area contributed by atoms with Gasteiger partial charge in [0.2, 0.25) is 5.09 Å². The third kappa shape index (κ3) is 2.76. The Hall–Kier alpha value is -0.850. The van der Waals surface area contributed by atoms with Crippen molar-refractivity contribution in [3.8, 4) is 0 Å². The van der Waals surface area contributed by atoms with Crippen LogP contribution >= 0.6 is 0 Å². The summed E-state index contributed by atoms with van der Waals surface area (Å²) < 4.78 is 31.6. The molecule has 0 bridgehead atoms. The largest absolute Gasteiger partial charge is 0.447 e. The lowest BCUT2D eigenvalue weighted by Gasteiger charge is -2.29. The first-order valence-electron chi connectivity index (χ1n) is 6.27. The molecule has 1 atom stereocenters. The highest BCUT2D eigenvalue weighted by Gasteiger charge is 2.30. The first-order chi connectivity index (χ1) is 8.54. The molecule has 0 aliphatic carbocycles. The lowest BCUT2D eigenvalue weighted by atomic mass is 10.0. The van der Waals surface area contributed by atoms with Gasteiger partial charge in [0.1, 0.15) is 5.76 Å². The lowest BCUT2D eigenvalue weighted by Crippen LogP contribution is -2.38. The highest BCUT2D eigenvalue weighted by Crippen LogP contribution is 2.24. The second kappa shape index (κ2) is 5.42. The SMILES string of the molecule is CNCc1ccc(S(=O)(=O)N2CCCC(C)C2)o1. The van der Waals surface area contributed by atoms with Gasteiger partial charge in [-0.15, -0.1) is 0 Å². The fourth-order valence-electron chi connectivity index (χ4n) is 2.26. The summed E-state index contributed by atoms with van der Waals surface area (Å²) in [6, 6.07) is 3.25. The maximum atomic E-state index is 12.4. The summed E-state index contributed by atoms with van der Waals surface area (Å²) in [5.74, 6) is 1.06. The van der Waals surface area contributed by atoms with Crippen molar-refractivity contribution in [2.24, 2.45) is 5.92 Å². The average Bonchev–Trinajstić information content (AvgIpc) is 2.79. The van der Waals surface area contributed by atoms with Gasteiger partial charge in [0.15, 0.2) is 0 Å². The van der Waals surface area contributed by atoms with Crippen LogP contribution in [-0.2, 0) is 16.6 Å². The third-order valence-electron chi connectivity index (χ3n) is 3.20. The molecule has 1 aromatic heterocycles. The van der Waals surface area contributed by atoms with Crippen LogP contribution in [0, 0.1) is 5.92 Å². The number of hydrogen-bond acceptors (Lipinski definition) is 4. The van der Waals surface area contributed by atoms with Gasteiger partial charge < -0.3 is 9.73 Å². The molecule has 1 fully saturated rings. The molecule has 2 rings (SSSR count). The molecule has 2 heterocycles. The van der Waals surface area contributed by atoms with E-state index in [4.69, 9.17) is 4.42 Å². The number of rotatable bonds is 4. The van der Waals surface area contributed by atoms with Crippen LogP contribution in [0.3, 0.4) is 0 Å². The molecule has 1 saturated heterocycles. The topological polar surface area (TPSA) is 62.6 Å². The number of piperidine rings is 1. The van der Waals surface area contributed by atoms with E-state index in [2.05, 4.69) is 12.2 Å². The molecule has 0 saturated carbocycles. The van der Waals surface area contributed by atoms with Crippen molar-refractivity contribution in [2.45, 2.75) is 31.4 Å². The summed E-state index contributed by atoms with van der Waals surface area (Å²) in [7, 11) is -1.66. The van der Waals surface area contributed by atoms with Crippen molar-refractivity contribution in [3.63, 3.8) is 0 Å².